The minimum atomic E-state index is -0.571. The van der Waals surface area contributed by atoms with Crippen molar-refractivity contribution in [3.63, 3.8) is 0 Å². The monoisotopic (exact) mass is 1680 g/mol. The first-order valence-electron chi connectivity index (χ1n) is 45.9. The summed E-state index contributed by atoms with van der Waals surface area (Å²) in [6, 6.07) is 42.8. The topological polar surface area (TPSA) is 221 Å². The number of esters is 2. The van der Waals surface area contributed by atoms with Crippen molar-refractivity contribution in [2.24, 2.45) is 17.0 Å². The number of aromatic nitrogens is 4. The van der Waals surface area contributed by atoms with Crippen LogP contribution < -0.4 is 36.3 Å². The standard InChI is InChI=1S/C61H85N5O5.C43H57N5O4/c1-12-16-17-18-19-20-21-22-23-24-25-28-39-71-59(69)46-33-32-44(5)53(42-46)64-57(67)55(62-51-36-35-48(41-45(51)6)65(11)15-4)56-63-52-31-27-26-30-49(52)58(68)66(56)38-29-40-70-54-37-34-47(60(7,8)13-2)43-50(54)61(9,10)14-3;1-7-9-10-11-12-13-14-15-16-17-18-21-28-52-43(51)33-25-24-31(3)38(30-33)46-41(49)39(44-36-27-26-34(29-32(36)4)47(5)8-2)40-45-37-23-20-19-22-35(37)42(50)48(40)6/h26-27,30-37,41-43H,12-25,28-29,38-40H2,1-11H3,(H,64,67);19-20,22-27,29-30H,7-18,21,28H2,1-6H3,(H,46,49). The number of carbonyl (C=O) groups excluding carboxylic acids is 4. The minimum absolute atomic E-state index is 0.0224. The van der Waals surface area contributed by atoms with Crippen LogP contribution in [0.2, 0.25) is 0 Å². The number of hydrogen-bond donors (Lipinski definition) is 2. The van der Waals surface area contributed by atoms with Crippen LogP contribution in [-0.2, 0) is 43.5 Å². The Morgan fingerprint density at radius 2 is 0.837 bits per heavy atom. The number of unbranched alkanes of at least 4 members (excludes halogenated alkanes) is 22. The van der Waals surface area contributed by atoms with E-state index in [1.54, 1.807) is 84.4 Å². The zero-order valence-corrected chi connectivity index (χ0v) is 77.4. The van der Waals surface area contributed by atoms with Crippen LogP contribution in [0.1, 0.15) is 308 Å². The maximum atomic E-state index is 14.9. The summed E-state index contributed by atoms with van der Waals surface area (Å²) < 4.78 is 20.8. The van der Waals surface area contributed by atoms with Gasteiger partial charge in [0.2, 0.25) is 0 Å². The molecule has 662 valence electrons. The van der Waals surface area contributed by atoms with Gasteiger partial charge >= 0.3 is 11.9 Å². The third kappa shape index (κ3) is 28.8. The van der Waals surface area contributed by atoms with E-state index in [0.29, 0.717) is 81.9 Å². The first-order valence-corrected chi connectivity index (χ1v) is 45.9. The first-order chi connectivity index (χ1) is 59.2. The van der Waals surface area contributed by atoms with Gasteiger partial charge in [0.05, 0.1) is 64.1 Å². The van der Waals surface area contributed by atoms with E-state index in [1.165, 1.54) is 126 Å². The molecule has 0 saturated heterocycles. The summed E-state index contributed by atoms with van der Waals surface area (Å²) in [6.45, 7) is 32.6. The molecule has 9 aromatic rings. The zero-order valence-electron chi connectivity index (χ0n) is 77.4. The Balaban J connectivity index is 0.000000320. The van der Waals surface area contributed by atoms with Gasteiger partial charge in [-0.3, -0.25) is 28.3 Å². The van der Waals surface area contributed by atoms with Gasteiger partial charge in [0.1, 0.15) is 5.75 Å². The number of nitrogens with one attached hydrogen (secondary N) is 2. The zero-order chi connectivity index (χ0) is 89.0. The Kier molecular flexibility index (Phi) is 39.5. The quantitative estimate of drug-likeness (QED) is 0.0206. The van der Waals surface area contributed by atoms with Crippen LogP contribution in [0.4, 0.5) is 34.1 Å². The SMILES string of the molecule is CCCCCCCCCCCCCCOC(=O)c1ccc(C)c(NC(=O)C(=Nc2ccc(N(C)CC)cc2C)c2nc3ccccc3c(=O)n2C)c1.CCCCCCCCCCCCCCOC(=O)c1ccc(C)c(NC(=O)C(=Nc2ccc(N(C)CC)cc2C)c2nc3ccccc3c(=O)n2CCCOc2ccc(C(C)(C)CC)cc2C(C)(C)CC)c1. The average molecular weight is 1680 g/mol. The van der Waals surface area contributed by atoms with Crippen LogP contribution in [0.5, 0.6) is 5.75 Å². The van der Waals surface area contributed by atoms with Crippen LogP contribution in [0.25, 0.3) is 21.8 Å². The van der Waals surface area contributed by atoms with Crippen LogP contribution in [-0.4, -0.2) is 101 Å². The molecular weight excluding hydrogens is 1530 g/mol. The highest BCUT2D eigenvalue weighted by atomic mass is 16.5. The minimum Gasteiger partial charge on any atom is -0.493 e. The van der Waals surface area contributed by atoms with E-state index in [2.05, 4.69) is 108 Å². The Morgan fingerprint density at radius 1 is 0.431 bits per heavy atom. The fourth-order valence-corrected chi connectivity index (χ4v) is 14.9. The summed E-state index contributed by atoms with van der Waals surface area (Å²) in [4.78, 5) is 107. The van der Waals surface area contributed by atoms with E-state index in [0.717, 1.165) is 109 Å². The normalized spacial score (nSPS) is 11.8. The average Bonchev–Trinajstić information content (AvgIpc) is 0.770. The van der Waals surface area contributed by atoms with Crippen molar-refractivity contribution in [3.05, 3.63) is 216 Å². The number of nitrogens with zero attached hydrogens (tertiary/aromatic N) is 8. The highest BCUT2D eigenvalue weighted by Gasteiger charge is 2.30. The number of hydrogen-bond acceptors (Lipinski definition) is 15. The fourth-order valence-electron chi connectivity index (χ4n) is 14.9. The number of ether oxygens (including phenoxy) is 3. The van der Waals surface area contributed by atoms with Gasteiger partial charge in [-0.25, -0.2) is 29.5 Å². The van der Waals surface area contributed by atoms with Gasteiger partial charge in [0, 0.05) is 69.1 Å². The third-order valence-corrected chi connectivity index (χ3v) is 24.3. The molecule has 0 aliphatic heterocycles. The van der Waals surface area contributed by atoms with Gasteiger partial charge in [-0.15, -0.1) is 0 Å². The smallest absolute Gasteiger partial charge is 0.338 e. The third-order valence-electron chi connectivity index (χ3n) is 24.3. The number of carbonyl (C=O) groups is 4. The van der Waals surface area contributed by atoms with Gasteiger partial charge < -0.3 is 34.6 Å². The van der Waals surface area contributed by atoms with Gasteiger partial charge in [-0.2, -0.15) is 0 Å². The molecular formula is C104H142N10O9. The molecule has 0 radical (unpaired) electrons. The van der Waals surface area contributed by atoms with Crippen LogP contribution in [0.3, 0.4) is 0 Å². The first kappa shape index (κ1) is 97.9. The second kappa shape index (κ2) is 49.7. The Morgan fingerprint density at radius 3 is 1.26 bits per heavy atom. The molecule has 0 fully saturated rings. The van der Waals surface area contributed by atoms with Crippen LogP contribution >= 0.6 is 0 Å². The molecule has 0 atom stereocenters. The molecule has 0 aliphatic carbocycles. The molecule has 0 unspecified atom stereocenters. The summed E-state index contributed by atoms with van der Waals surface area (Å²) in [5.74, 6) is -0.907. The lowest BCUT2D eigenvalue weighted by Gasteiger charge is -2.30. The van der Waals surface area contributed by atoms with E-state index in [4.69, 9.17) is 34.2 Å². The molecule has 0 aliphatic rings. The Bertz CT molecular complexity index is 5150. The molecule has 2 N–H and O–H groups in total. The number of benzene rings is 7. The maximum absolute atomic E-state index is 14.9. The molecule has 0 saturated carbocycles. The molecule has 2 heterocycles. The molecule has 19 heteroatoms. The lowest BCUT2D eigenvalue weighted by molar-refractivity contribution is -0.111. The molecule has 9 rings (SSSR count). The predicted molar refractivity (Wildman–Crippen MR) is 511 cm³/mol. The molecule has 2 aromatic heterocycles. The number of fused-ring (bicyclic) bond motifs is 2. The second-order valence-corrected chi connectivity index (χ2v) is 34.5. The number of para-hydroxylation sites is 2. The van der Waals surface area contributed by atoms with Crippen LogP contribution in [0, 0.1) is 27.7 Å². The summed E-state index contributed by atoms with van der Waals surface area (Å²) in [5.41, 5.74) is 10.6. The van der Waals surface area contributed by atoms with Gasteiger partial charge in [-0.05, 0) is 203 Å². The lowest BCUT2D eigenvalue weighted by atomic mass is 9.76. The Labute approximate surface area is 733 Å². The number of rotatable bonds is 49. The number of amides is 2. The van der Waals surface area contributed by atoms with Crippen molar-refractivity contribution in [2.45, 2.75) is 288 Å². The molecule has 2 amide bonds. The largest absolute Gasteiger partial charge is 0.493 e. The number of aliphatic imine (C=N–C) groups is 2. The highest BCUT2D eigenvalue weighted by Crippen LogP contribution is 2.39. The van der Waals surface area contributed by atoms with Crippen molar-refractivity contribution in [1.82, 2.24) is 19.1 Å². The van der Waals surface area contributed by atoms with E-state index in [-0.39, 0.29) is 51.6 Å². The van der Waals surface area contributed by atoms with E-state index < -0.39 is 23.8 Å². The molecule has 19 nitrogen and oxygen atoms in total. The van der Waals surface area contributed by atoms with Crippen molar-refractivity contribution in [1.29, 1.82) is 0 Å². The van der Waals surface area contributed by atoms with Crippen molar-refractivity contribution in [2.75, 3.05) is 67.4 Å². The van der Waals surface area contributed by atoms with Crippen molar-refractivity contribution >= 4 is 91.1 Å². The Hall–Kier alpha value is -10.6. The number of aryl methyl sites for hydroxylation is 4. The van der Waals surface area contributed by atoms with Crippen LogP contribution in [0.15, 0.2) is 159 Å². The van der Waals surface area contributed by atoms with Crippen molar-refractivity contribution in [3.8, 4) is 5.75 Å². The predicted octanol–water partition coefficient (Wildman–Crippen LogP) is 24.6. The van der Waals surface area contributed by atoms with E-state index in [1.807, 2.05) is 90.3 Å². The number of anilines is 4. The van der Waals surface area contributed by atoms with Gasteiger partial charge in [0.25, 0.3) is 22.9 Å². The summed E-state index contributed by atoms with van der Waals surface area (Å²) in [5, 5.41) is 6.90. The summed E-state index contributed by atoms with van der Waals surface area (Å²) in [6.07, 6.45) is 32.0. The van der Waals surface area contributed by atoms with Gasteiger partial charge in [0.15, 0.2) is 23.1 Å². The summed E-state index contributed by atoms with van der Waals surface area (Å²) >= 11 is 0. The second-order valence-electron chi connectivity index (χ2n) is 34.5. The van der Waals surface area contributed by atoms with Crippen molar-refractivity contribution < 1.29 is 33.4 Å². The van der Waals surface area contributed by atoms with E-state index in [9.17, 15) is 28.8 Å². The highest BCUT2D eigenvalue weighted by molar-refractivity contribution is 6.49. The molecule has 0 spiro atoms. The summed E-state index contributed by atoms with van der Waals surface area (Å²) in [7, 11) is 5.62. The molecule has 123 heavy (non-hydrogen) atoms. The maximum Gasteiger partial charge on any atom is 0.338 e. The van der Waals surface area contributed by atoms with E-state index >= 15 is 0 Å². The van der Waals surface area contributed by atoms with Gasteiger partial charge in [-0.1, -0.05) is 245 Å². The fraction of sp³-hybridized carbons (Fsp3) is 0.500. The lowest BCUT2D eigenvalue weighted by Crippen LogP contribution is -2.34. The molecule has 0 bridgehead atoms. The molecule has 7 aromatic carbocycles.